The molecule has 0 amide bonds. The molecule has 3 heterocycles. The number of ether oxygens (including phenoxy) is 2. The van der Waals surface area contributed by atoms with Crippen LogP contribution in [0.2, 0.25) is 5.02 Å². The Morgan fingerprint density at radius 1 is 1.30 bits per heavy atom. The van der Waals surface area contributed by atoms with Gasteiger partial charge in [0.25, 0.3) is 0 Å². The molecule has 6 heteroatoms. The Hall–Kier alpha value is -2.01. The third-order valence-corrected chi connectivity index (χ3v) is 3.54. The molecule has 0 aromatic carbocycles. The molecule has 5 nitrogen and oxygen atoms in total. The second-order valence-electron chi connectivity index (χ2n) is 4.48. The van der Waals surface area contributed by atoms with Crippen LogP contribution in [0.25, 0.3) is 0 Å². The summed E-state index contributed by atoms with van der Waals surface area (Å²) in [6, 6.07) is 1.86. The van der Waals surface area contributed by atoms with Crippen molar-refractivity contribution in [2.24, 2.45) is 4.99 Å². The van der Waals surface area contributed by atoms with E-state index in [2.05, 4.69) is 14.9 Å². The molecule has 0 bridgehead atoms. The van der Waals surface area contributed by atoms with Crippen molar-refractivity contribution in [3.63, 3.8) is 0 Å². The summed E-state index contributed by atoms with van der Waals surface area (Å²) < 4.78 is 10.3. The van der Waals surface area contributed by atoms with Crippen molar-refractivity contribution < 1.29 is 9.47 Å². The first-order valence-corrected chi connectivity index (χ1v) is 6.57. The Labute approximate surface area is 122 Å². The number of fused-ring (bicyclic) bond motifs is 1. The van der Waals surface area contributed by atoms with E-state index in [9.17, 15) is 0 Å². The fourth-order valence-electron chi connectivity index (χ4n) is 2.24. The highest BCUT2D eigenvalue weighted by molar-refractivity contribution is 6.31. The summed E-state index contributed by atoms with van der Waals surface area (Å²) in [6.07, 6.45) is 7.54. The SMILES string of the molecule is COC1=CN2CC(c3cnc(OC)c(Cl)c3)N=C2C=C1. The monoisotopic (exact) mass is 291 g/mol. The zero-order chi connectivity index (χ0) is 14.1. The van der Waals surface area contributed by atoms with Crippen molar-refractivity contribution in [1.82, 2.24) is 9.88 Å². The number of pyridine rings is 1. The number of amidine groups is 1. The smallest absolute Gasteiger partial charge is 0.232 e. The molecule has 3 rings (SSSR count). The molecule has 0 saturated heterocycles. The van der Waals surface area contributed by atoms with Gasteiger partial charge >= 0.3 is 0 Å². The molecule has 2 aliphatic rings. The Balaban J connectivity index is 1.85. The quantitative estimate of drug-likeness (QED) is 0.859. The van der Waals surface area contributed by atoms with E-state index in [1.807, 2.05) is 24.4 Å². The fraction of sp³-hybridized carbons (Fsp3) is 0.286. The maximum atomic E-state index is 6.11. The van der Waals surface area contributed by atoms with Gasteiger partial charge in [-0.15, -0.1) is 0 Å². The predicted molar refractivity (Wildman–Crippen MR) is 76.9 cm³/mol. The molecule has 104 valence electrons. The van der Waals surface area contributed by atoms with E-state index in [4.69, 9.17) is 21.1 Å². The number of aliphatic imine (C=N–C) groups is 1. The Bertz CT molecular complexity index is 625. The van der Waals surface area contributed by atoms with Crippen molar-refractivity contribution in [1.29, 1.82) is 0 Å². The molecule has 20 heavy (non-hydrogen) atoms. The largest absolute Gasteiger partial charge is 0.495 e. The summed E-state index contributed by atoms with van der Waals surface area (Å²) in [5, 5.41) is 0.499. The summed E-state index contributed by atoms with van der Waals surface area (Å²) in [4.78, 5) is 10.9. The van der Waals surface area contributed by atoms with E-state index in [0.717, 1.165) is 23.7 Å². The number of nitrogens with zero attached hydrogens (tertiary/aromatic N) is 3. The van der Waals surface area contributed by atoms with Crippen LogP contribution < -0.4 is 4.74 Å². The molecule has 0 saturated carbocycles. The predicted octanol–water partition coefficient (Wildman–Crippen LogP) is 2.56. The van der Waals surface area contributed by atoms with E-state index in [1.54, 1.807) is 20.4 Å². The molecular weight excluding hydrogens is 278 g/mol. The lowest BCUT2D eigenvalue weighted by Crippen LogP contribution is -2.23. The molecular formula is C14H14ClN3O2. The molecule has 1 unspecified atom stereocenters. The minimum absolute atomic E-state index is 0.0120. The highest BCUT2D eigenvalue weighted by atomic mass is 35.5. The zero-order valence-electron chi connectivity index (χ0n) is 11.2. The van der Waals surface area contributed by atoms with Crippen LogP contribution in [0.3, 0.4) is 0 Å². The van der Waals surface area contributed by atoms with Gasteiger partial charge in [0.15, 0.2) is 0 Å². The summed E-state index contributed by atoms with van der Waals surface area (Å²) in [7, 11) is 3.20. The molecule has 0 spiro atoms. The fourth-order valence-corrected chi connectivity index (χ4v) is 2.49. The molecule has 2 aliphatic heterocycles. The van der Waals surface area contributed by atoms with Crippen molar-refractivity contribution >= 4 is 17.4 Å². The van der Waals surface area contributed by atoms with Crippen molar-refractivity contribution in [3.05, 3.63) is 47.0 Å². The molecule has 1 aromatic rings. The van der Waals surface area contributed by atoms with Gasteiger partial charge in [-0.1, -0.05) is 11.6 Å². The van der Waals surface area contributed by atoms with Crippen molar-refractivity contribution in [3.8, 4) is 5.88 Å². The standard InChI is InChI=1S/C14H14ClN3O2/c1-19-10-3-4-13-17-12(8-18(13)7-10)9-5-11(15)14(20-2)16-6-9/h3-7,12H,8H2,1-2H3. The molecule has 1 aromatic heterocycles. The first-order valence-electron chi connectivity index (χ1n) is 6.19. The van der Waals surface area contributed by atoms with Gasteiger partial charge in [0.2, 0.25) is 5.88 Å². The van der Waals surface area contributed by atoms with Gasteiger partial charge in [-0.2, -0.15) is 0 Å². The van der Waals surface area contributed by atoms with Crippen LogP contribution in [0.5, 0.6) is 5.88 Å². The van der Waals surface area contributed by atoms with Gasteiger partial charge in [0.1, 0.15) is 16.6 Å². The van der Waals surface area contributed by atoms with E-state index >= 15 is 0 Å². The number of hydrogen-bond acceptors (Lipinski definition) is 5. The van der Waals surface area contributed by atoms with Crippen LogP contribution in [0.1, 0.15) is 11.6 Å². The van der Waals surface area contributed by atoms with E-state index in [0.29, 0.717) is 10.9 Å². The molecule has 1 atom stereocenters. The van der Waals surface area contributed by atoms with Crippen molar-refractivity contribution in [2.75, 3.05) is 20.8 Å². The molecule has 0 fully saturated rings. The highest BCUT2D eigenvalue weighted by Crippen LogP contribution is 2.31. The maximum absolute atomic E-state index is 6.11. The highest BCUT2D eigenvalue weighted by Gasteiger charge is 2.26. The Morgan fingerprint density at radius 2 is 2.15 bits per heavy atom. The number of aromatic nitrogens is 1. The molecule has 0 aliphatic carbocycles. The summed E-state index contributed by atoms with van der Waals surface area (Å²) in [5.41, 5.74) is 0.971. The average molecular weight is 292 g/mol. The maximum Gasteiger partial charge on any atom is 0.232 e. The molecule has 0 N–H and O–H groups in total. The lowest BCUT2D eigenvalue weighted by Gasteiger charge is -2.18. The summed E-state index contributed by atoms with van der Waals surface area (Å²) >= 11 is 6.11. The number of allylic oxidation sites excluding steroid dienone is 1. The normalized spacial score (nSPS) is 20.4. The summed E-state index contributed by atoms with van der Waals surface area (Å²) in [5.74, 6) is 2.17. The van der Waals surface area contributed by atoms with Gasteiger partial charge < -0.3 is 14.4 Å². The van der Waals surface area contributed by atoms with Gasteiger partial charge in [-0.05, 0) is 23.8 Å². The third-order valence-electron chi connectivity index (χ3n) is 3.27. The van der Waals surface area contributed by atoms with Gasteiger partial charge in [0.05, 0.1) is 26.8 Å². The Kier molecular flexibility index (Phi) is 3.36. The average Bonchev–Trinajstić information content (AvgIpc) is 2.89. The van der Waals surface area contributed by atoms with E-state index < -0.39 is 0 Å². The van der Waals surface area contributed by atoms with Crippen LogP contribution in [0.15, 0.2) is 41.4 Å². The lowest BCUT2D eigenvalue weighted by atomic mass is 10.1. The minimum Gasteiger partial charge on any atom is -0.495 e. The van der Waals surface area contributed by atoms with Gasteiger partial charge in [0, 0.05) is 12.4 Å². The second-order valence-corrected chi connectivity index (χ2v) is 4.89. The number of hydrogen-bond donors (Lipinski definition) is 0. The van der Waals surface area contributed by atoms with Crippen LogP contribution in [-0.4, -0.2) is 36.5 Å². The lowest BCUT2D eigenvalue weighted by molar-refractivity contribution is 0.296. The first-order chi connectivity index (χ1) is 9.71. The topological polar surface area (TPSA) is 47.0 Å². The number of methoxy groups -OCH3 is 2. The van der Waals surface area contributed by atoms with Crippen molar-refractivity contribution in [2.45, 2.75) is 6.04 Å². The molecule has 0 radical (unpaired) electrons. The Morgan fingerprint density at radius 3 is 2.85 bits per heavy atom. The number of halogens is 1. The van der Waals surface area contributed by atoms with Gasteiger partial charge in [-0.3, -0.25) is 4.99 Å². The van der Waals surface area contributed by atoms with Crippen LogP contribution in [0, 0.1) is 0 Å². The number of rotatable bonds is 3. The zero-order valence-corrected chi connectivity index (χ0v) is 12.0. The van der Waals surface area contributed by atoms with E-state index in [1.165, 1.54) is 0 Å². The first kappa shape index (κ1) is 13.0. The third kappa shape index (κ3) is 2.25. The van der Waals surface area contributed by atoms with Crippen LogP contribution in [-0.2, 0) is 4.74 Å². The van der Waals surface area contributed by atoms with E-state index in [-0.39, 0.29) is 6.04 Å². The van der Waals surface area contributed by atoms with Gasteiger partial charge in [-0.25, -0.2) is 4.98 Å². The second kappa shape index (κ2) is 5.17. The van der Waals surface area contributed by atoms with Crippen LogP contribution >= 0.6 is 11.6 Å². The minimum atomic E-state index is 0.0120. The van der Waals surface area contributed by atoms with Crippen LogP contribution in [0.4, 0.5) is 0 Å². The summed E-state index contributed by atoms with van der Waals surface area (Å²) in [6.45, 7) is 0.747.